The van der Waals surface area contributed by atoms with Crippen molar-refractivity contribution in [3.8, 4) is 0 Å². The highest BCUT2D eigenvalue weighted by Crippen LogP contribution is 2.39. The lowest BCUT2D eigenvalue weighted by Crippen LogP contribution is -2.45. The minimum atomic E-state index is -0.236. The van der Waals surface area contributed by atoms with Crippen LogP contribution in [-0.2, 0) is 4.79 Å². The molecule has 2 N–H and O–H groups in total. The van der Waals surface area contributed by atoms with Crippen molar-refractivity contribution in [1.82, 2.24) is 10.2 Å². The van der Waals surface area contributed by atoms with E-state index in [0.717, 1.165) is 11.3 Å². The highest BCUT2D eigenvalue weighted by Gasteiger charge is 2.40. The number of hydrogen-bond acceptors (Lipinski definition) is 3. The van der Waals surface area contributed by atoms with Gasteiger partial charge in [-0.25, -0.2) is 0 Å². The second-order valence-corrected chi connectivity index (χ2v) is 5.23. The van der Waals surface area contributed by atoms with Gasteiger partial charge in [-0.1, -0.05) is 25.3 Å². The maximum Gasteiger partial charge on any atom is 0.261 e. The van der Waals surface area contributed by atoms with Crippen LogP contribution in [0, 0.1) is 0 Å². The largest absolute Gasteiger partial charge is 0.387 e. The third-order valence-electron chi connectivity index (χ3n) is 4.03. The molecule has 0 spiro atoms. The Labute approximate surface area is 123 Å². The second kappa shape index (κ2) is 4.77. The maximum absolute atomic E-state index is 12.8. The van der Waals surface area contributed by atoms with Crippen molar-refractivity contribution in [2.75, 3.05) is 12.4 Å². The Bertz CT molecular complexity index is 678. The van der Waals surface area contributed by atoms with Crippen molar-refractivity contribution in [3.05, 3.63) is 48.2 Å². The highest BCUT2D eigenvalue weighted by atomic mass is 16.2. The first kappa shape index (κ1) is 13.4. The molecule has 1 fully saturated rings. The average Bonchev–Trinajstić information content (AvgIpc) is 2.72. The molecule has 1 unspecified atom stereocenters. The summed E-state index contributed by atoms with van der Waals surface area (Å²) in [5, 5.41) is 5.76. The lowest BCUT2D eigenvalue weighted by atomic mass is 10.0. The normalized spacial score (nSPS) is 21.4. The summed E-state index contributed by atoms with van der Waals surface area (Å²) in [6, 6.07) is 5.41. The van der Waals surface area contributed by atoms with Crippen molar-refractivity contribution < 1.29 is 9.59 Å². The van der Waals surface area contributed by atoms with Crippen LogP contribution in [0.5, 0.6) is 0 Å². The van der Waals surface area contributed by atoms with E-state index in [2.05, 4.69) is 23.8 Å². The number of rotatable bonds is 2. The van der Waals surface area contributed by atoms with Crippen LogP contribution in [0.3, 0.4) is 0 Å². The van der Waals surface area contributed by atoms with Gasteiger partial charge in [-0.15, -0.1) is 0 Å². The molecule has 5 heteroatoms. The van der Waals surface area contributed by atoms with Gasteiger partial charge in [0.15, 0.2) is 0 Å². The summed E-state index contributed by atoms with van der Waals surface area (Å²) in [5.41, 5.74) is 3.46. The number of benzene rings is 1. The first-order chi connectivity index (χ1) is 10.0. The number of carbonyl (C=O) groups is 2. The van der Waals surface area contributed by atoms with E-state index in [1.807, 2.05) is 18.2 Å². The quantitative estimate of drug-likeness (QED) is 0.872. The number of nitrogens with zero attached hydrogens (tertiary/aromatic N) is 1. The number of piperidine rings is 1. The van der Waals surface area contributed by atoms with Gasteiger partial charge in [0.2, 0.25) is 5.91 Å². The second-order valence-electron chi connectivity index (χ2n) is 5.23. The number of amides is 2. The Balaban J connectivity index is 2.00. The van der Waals surface area contributed by atoms with Crippen LogP contribution in [0.4, 0.5) is 5.69 Å². The van der Waals surface area contributed by atoms with Gasteiger partial charge in [-0.05, 0) is 12.5 Å². The molecule has 0 saturated carbocycles. The van der Waals surface area contributed by atoms with Gasteiger partial charge in [0, 0.05) is 36.1 Å². The molecule has 2 heterocycles. The van der Waals surface area contributed by atoms with E-state index in [0.29, 0.717) is 29.8 Å². The van der Waals surface area contributed by atoms with E-state index < -0.39 is 0 Å². The Kier molecular flexibility index (Phi) is 3.05. The van der Waals surface area contributed by atoms with Crippen LogP contribution in [-0.4, -0.2) is 29.8 Å². The summed E-state index contributed by atoms with van der Waals surface area (Å²) >= 11 is 0. The van der Waals surface area contributed by atoms with Gasteiger partial charge >= 0.3 is 0 Å². The van der Waals surface area contributed by atoms with Crippen LogP contribution < -0.4 is 10.6 Å². The van der Waals surface area contributed by atoms with Crippen LogP contribution in [0.25, 0.3) is 5.70 Å². The maximum atomic E-state index is 12.8. The molecule has 3 rings (SSSR count). The zero-order valence-electron chi connectivity index (χ0n) is 11.9. The Morgan fingerprint density at radius 2 is 2.10 bits per heavy atom. The summed E-state index contributed by atoms with van der Waals surface area (Å²) in [5.74, 6) is -0.149. The molecule has 2 aliphatic rings. The first-order valence-corrected chi connectivity index (χ1v) is 6.87. The first-order valence-electron chi connectivity index (χ1n) is 6.87. The minimum absolute atomic E-state index is 0.0538. The van der Waals surface area contributed by atoms with Crippen molar-refractivity contribution in [3.63, 3.8) is 0 Å². The molecule has 5 nitrogen and oxygen atoms in total. The smallest absolute Gasteiger partial charge is 0.261 e. The summed E-state index contributed by atoms with van der Waals surface area (Å²) in [4.78, 5) is 25.8. The number of nitrogens with one attached hydrogen (secondary N) is 2. The molecule has 108 valence electrons. The number of fused-ring (bicyclic) bond motifs is 1. The zero-order valence-corrected chi connectivity index (χ0v) is 11.9. The van der Waals surface area contributed by atoms with Crippen molar-refractivity contribution in [2.45, 2.75) is 18.9 Å². The molecule has 0 aromatic heterocycles. The summed E-state index contributed by atoms with van der Waals surface area (Å²) in [6.07, 6.45) is 0.953. The van der Waals surface area contributed by atoms with Crippen molar-refractivity contribution in [1.29, 1.82) is 0 Å². The lowest BCUT2D eigenvalue weighted by molar-refractivity contribution is -0.121. The number of hydrogen-bond donors (Lipinski definition) is 2. The van der Waals surface area contributed by atoms with Crippen molar-refractivity contribution in [2.24, 2.45) is 0 Å². The van der Waals surface area contributed by atoms with Crippen LogP contribution >= 0.6 is 0 Å². The summed E-state index contributed by atoms with van der Waals surface area (Å²) in [7, 11) is 1.79. The standard InChI is InChI=1S/C16H17N3O2/c1-9-13(7-8-14(20)18-9)19-10(2)11-5-4-6-12(17-3)15(11)16(19)21/h4-6,13,17H,1-2,7-8H2,3H3,(H,18,20). The van der Waals surface area contributed by atoms with E-state index in [1.54, 1.807) is 11.9 Å². The van der Waals surface area contributed by atoms with Crippen molar-refractivity contribution >= 4 is 23.2 Å². The Hall–Kier alpha value is -2.56. The van der Waals surface area contributed by atoms with Crippen LogP contribution in [0.1, 0.15) is 28.8 Å². The van der Waals surface area contributed by atoms with E-state index in [-0.39, 0.29) is 17.9 Å². The molecule has 1 atom stereocenters. The van der Waals surface area contributed by atoms with Gasteiger partial charge < -0.3 is 10.6 Å². The van der Waals surface area contributed by atoms with E-state index in [9.17, 15) is 9.59 Å². The third kappa shape index (κ3) is 1.93. The molecule has 21 heavy (non-hydrogen) atoms. The van der Waals surface area contributed by atoms with Gasteiger partial charge in [-0.3, -0.25) is 14.5 Å². The monoisotopic (exact) mass is 283 g/mol. The van der Waals surface area contributed by atoms with Crippen LogP contribution in [0.15, 0.2) is 37.1 Å². The molecular formula is C16H17N3O2. The molecule has 0 aliphatic carbocycles. The predicted octanol–water partition coefficient (Wildman–Crippen LogP) is 1.95. The molecule has 2 aliphatic heterocycles. The average molecular weight is 283 g/mol. The minimum Gasteiger partial charge on any atom is -0.387 e. The van der Waals surface area contributed by atoms with E-state index in [4.69, 9.17) is 0 Å². The van der Waals surface area contributed by atoms with Gasteiger partial charge in [0.05, 0.1) is 11.6 Å². The summed E-state index contributed by atoms with van der Waals surface area (Å²) in [6.45, 7) is 7.94. The molecule has 0 radical (unpaired) electrons. The predicted molar refractivity (Wildman–Crippen MR) is 81.5 cm³/mol. The fourth-order valence-corrected chi connectivity index (χ4v) is 2.99. The molecule has 1 aromatic rings. The fourth-order valence-electron chi connectivity index (χ4n) is 2.99. The Morgan fingerprint density at radius 3 is 2.76 bits per heavy atom. The summed E-state index contributed by atoms with van der Waals surface area (Å²) < 4.78 is 0. The number of anilines is 1. The molecular weight excluding hydrogens is 266 g/mol. The molecule has 1 aromatic carbocycles. The number of carbonyl (C=O) groups excluding carboxylic acids is 2. The molecule has 0 bridgehead atoms. The van der Waals surface area contributed by atoms with Crippen LogP contribution in [0.2, 0.25) is 0 Å². The topological polar surface area (TPSA) is 61.4 Å². The van der Waals surface area contributed by atoms with E-state index >= 15 is 0 Å². The third-order valence-corrected chi connectivity index (χ3v) is 4.03. The van der Waals surface area contributed by atoms with Gasteiger partial charge in [0.1, 0.15) is 0 Å². The zero-order chi connectivity index (χ0) is 15.1. The van der Waals surface area contributed by atoms with Gasteiger partial charge in [-0.2, -0.15) is 0 Å². The molecule has 1 saturated heterocycles. The fraction of sp³-hybridized carbons (Fsp3) is 0.250. The highest BCUT2D eigenvalue weighted by molar-refractivity contribution is 6.13. The molecule has 2 amide bonds. The Morgan fingerprint density at radius 1 is 1.33 bits per heavy atom. The lowest BCUT2D eigenvalue weighted by Gasteiger charge is -2.33. The SMILES string of the molecule is C=C1NC(=O)CCC1N1C(=C)c2cccc(NC)c2C1=O. The van der Waals surface area contributed by atoms with Gasteiger partial charge in [0.25, 0.3) is 5.91 Å². The van der Waals surface area contributed by atoms with E-state index in [1.165, 1.54) is 0 Å².